The molecule has 0 radical (unpaired) electrons. The molecule has 1 aromatic carbocycles. The minimum Gasteiger partial charge on any atom is -0.351 e. The molecule has 6 nitrogen and oxygen atoms in total. The van der Waals surface area contributed by atoms with Crippen molar-refractivity contribution in [3.8, 4) is 0 Å². The number of nitrogens with one attached hydrogen (secondary N) is 3. The van der Waals surface area contributed by atoms with Crippen molar-refractivity contribution in [2.45, 2.75) is 82.0 Å². The molecule has 0 spiro atoms. The van der Waals surface area contributed by atoms with Crippen LogP contribution in [0, 0.1) is 11.8 Å². The highest BCUT2D eigenvalue weighted by Crippen LogP contribution is 2.40. The Balaban J connectivity index is 1.38. The van der Waals surface area contributed by atoms with Gasteiger partial charge in [-0.1, -0.05) is 49.6 Å². The molecule has 0 aromatic heterocycles. The lowest BCUT2D eigenvalue weighted by Gasteiger charge is -2.46. The monoisotopic (exact) mass is 398 g/mol. The van der Waals surface area contributed by atoms with Crippen molar-refractivity contribution >= 4 is 11.9 Å². The molecule has 2 bridgehead atoms. The summed E-state index contributed by atoms with van der Waals surface area (Å²) in [6, 6.07) is 10.0. The van der Waals surface area contributed by atoms with Crippen LogP contribution in [0.5, 0.6) is 0 Å². The van der Waals surface area contributed by atoms with Crippen LogP contribution in [0.4, 0.5) is 4.79 Å². The number of fused-ring (bicyclic) bond motifs is 2. The van der Waals surface area contributed by atoms with E-state index in [-0.39, 0.29) is 24.0 Å². The number of carbonyl (C=O) groups is 2. The van der Waals surface area contributed by atoms with Gasteiger partial charge in [-0.05, 0) is 55.9 Å². The van der Waals surface area contributed by atoms with Crippen molar-refractivity contribution in [3.63, 3.8) is 0 Å². The summed E-state index contributed by atoms with van der Waals surface area (Å²) in [7, 11) is 0. The Kier molecular flexibility index (Phi) is 6.09. The average molecular weight is 399 g/mol. The number of amides is 3. The van der Waals surface area contributed by atoms with Crippen molar-refractivity contribution in [1.29, 1.82) is 0 Å². The lowest BCUT2D eigenvalue weighted by atomic mass is 9.66. The minimum atomic E-state index is -0.783. The van der Waals surface area contributed by atoms with E-state index in [2.05, 4.69) is 16.0 Å². The lowest BCUT2D eigenvalue weighted by Crippen LogP contribution is -2.63. The second kappa shape index (κ2) is 8.74. The number of hydrogen-bond acceptors (Lipinski definition) is 3. The standard InChI is InChI=1S/C23H34N4O2/c24-19-13-17-9-6-10-18(14-19)20(17)26-21(28)23(11-4-5-12-23)27-22(29)25-15-16-7-2-1-3-8-16/h1-3,7-8,17-20H,4-6,9-15,24H2,(H,26,28)(H2,25,27,29). The molecular weight excluding hydrogens is 364 g/mol. The van der Waals surface area contributed by atoms with Gasteiger partial charge in [0.25, 0.3) is 0 Å². The molecule has 0 saturated heterocycles. The molecule has 3 aliphatic rings. The summed E-state index contributed by atoms with van der Waals surface area (Å²) >= 11 is 0. The maximum atomic E-state index is 13.4. The van der Waals surface area contributed by atoms with Crippen LogP contribution in [0.2, 0.25) is 0 Å². The highest BCUT2D eigenvalue weighted by atomic mass is 16.2. The molecule has 3 fully saturated rings. The van der Waals surface area contributed by atoms with E-state index in [0.717, 1.165) is 44.1 Å². The third-order valence-corrected chi connectivity index (χ3v) is 7.21. The third-order valence-electron chi connectivity index (χ3n) is 7.21. The van der Waals surface area contributed by atoms with Crippen LogP contribution >= 0.6 is 0 Å². The summed E-state index contributed by atoms with van der Waals surface area (Å²) in [4.78, 5) is 26.0. The van der Waals surface area contributed by atoms with Crippen molar-refractivity contribution < 1.29 is 9.59 Å². The molecule has 5 N–H and O–H groups in total. The van der Waals surface area contributed by atoms with E-state index in [1.165, 1.54) is 6.42 Å². The molecule has 3 amide bonds. The normalized spacial score (nSPS) is 30.4. The molecule has 6 heteroatoms. The molecule has 0 aliphatic heterocycles. The van der Waals surface area contributed by atoms with Crippen molar-refractivity contribution in [2.75, 3.05) is 0 Å². The van der Waals surface area contributed by atoms with Crippen molar-refractivity contribution in [3.05, 3.63) is 35.9 Å². The Morgan fingerprint density at radius 1 is 1.00 bits per heavy atom. The van der Waals surface area contributed by atoms with Gasteiger partial charge < -0.3 is 21.7 Å². The molecule has 29 heavy (non-hydrogen) atoms. The average Bonchev–Trinajstić information content (AvgIpc) is 3.17. The van der Waals surface area contributed by atoms with E-state index in [4.69, 9.17) is 5.73 Å². The summed E-state index contributed by atoms with van der Waals surface area (Å²) in [6.45, 7) is 0.453. The summed E-state index contributed by atoms with van der Waals surface area (Å²) < 4.78 is 0. The number of benzene rings is 1. The summed E-state index contributed by atoms with van der Waals surface area (Å²) in [5, 5.41) is 9.31. The fourth-order valence-electron chi connectivity index (χ4n) is 5.74. The van der Waals surface area contributed by atoms with Crippen LogP contribution in [0.3, 0.4) is 0 Å². The predicted molar refractivity (Wildman–Crippen MR) is 113 cm³/mol. The van der Waals surface area contributed by atoms with Gasteiger partial charge >= 0.3 is 6.03 Å². The smallest absolute Gasteiger partial charge is 0.315 e. The van der Waals surface area contributed by atoms with E-state index >= 15 is 0 Å². The fraction of sp³-hybridized carbons (Fsp3) is 0.652. The van der Waals surface area contributed by atoms with E-state index in [1.54, 1.807) is 0 Å². The van der Waals surface area contributed by atoms with Gasteiger partial charge in [-0.2, -0.15) is 0 Å². The quantitative estimate of drug-likeness (QED) is 0.614. The second-order valence-electron chi connectivity index (χ2n) is 9.26. The lowest BCUT2D eigenvalue weighted by molar-refractivity contribution is -0.129. The van der Waals surface area contributed by atoms with E-state index in [0.29, 0.717) is 31.2 Å². The molecular formula is C23H34N4O2. The van der Waals surface area contributed by atoms with Gasteiger partial charge in [0, 0.05) is 18.6 Å². The molecule has 2 unspecified atom stereocenters. The van der Waals surface area contributed by atoms with Crippen LogP contribution in [-0.4, -0.2) is 29.6 Å². The van der Waals surface area contributed by atoms with Crippen molar-refractivity contribution in [1.82, 2.24) is 16.0 Å². The topological polar surface area (TPSA) is 96.2 Å². The van der Waals surface area contributed by atoms with E-state index < -0.39 is 5.54 Å². The van der Waals surface area contributed by atoms with Crippen LogP contribution in [0.1, 0.15) is 63.4 Å². The maximum absolute atomic E-state index is 13.4. The van der Waals surface area contributed by atoms with Crippen LogP contribution in [0.25, 0.3) is 0 Å². The van der Waals surface area contributed by atoms with Crippen LogP contribution in [0.15, 0.2) is 30.3 Å². The Bertz CT molecular complexity index is 703. The van der Waals surface area contributed by atoms with Crippen LogP contribution < -0.4 is 21.7 Å². The number of rotatable bonds is 5. The first-order valence-electron chi connectivity index (χ1n) is 11.2. The molecule has 1 aromatic rings. The molecule has 2 atom stereocenters. The zero-order valence-corrected chi connectivity index (χ0v) is 17.2. The van der Waals surface area contributed by atoms with Gasteiger partial charge in [-0.15, -0.1) is 0 Å². The number of nitrogens with two attached hydrogens (primary N) is 1. The van der Waals surface area contributed by atoms with Gasteiger partial charge in [0.15, 0.2) is 0 Å². The Labute approximate surface area is 173 Å². The zero-order chi connectivity index (χ0) is 20.3. The van der Waals surface area contributed by atoms with Gasteiger partial charge in [0.05, 0.1) is 0 Å². The van der Waals surface area contributed by atoms with E-state index in [9.17, 15) is 9.59 Å². The van der Waals surface area contributed by atoms with Gasteiger partial charge in [0.1, 0.15) is 5.54 Å². The Morgan fingerprint density at radius 3 is 2.31 bits per heavy atom. The first kappa shape index (κ1) is 20.2. The van der Waals surface area contributed by atoms with Gasteiger partial charge in [0.2, 0.25) is 5.91 Å². The SMILES string of the molecule is NC1CC2CCCC(C1)C2NC(=O)C1(NC(=O)NCc2ccccc2)CCCC1. The molecule has 4 rings (SSSR count). The Hall–Kier alpha value is -2.08. The number of carbonyl (C=O) groups excluding carboxylic acids is 2. The summed E-state index contributed by atoms with van der Waals surface area (Å²) in [5.74, 6) is 0.959. The molecule has 3 aliphatic carbocycles. The Morgan fingerprint density at radius 2 is 1.66 bits per heavy atom. The minimum absolute atomic E-state index is 0.00207. The highest BCUT2D eigenvalue weighted by Gasteiger charge is 2.46. The molecule has 3 saturated carbocycles. The zero-order valence-electron chi connectivity index (χ0n) is 17.2. The fourth-order valence-corrected chi connectivity index (χ4v) is 5.74. The van der Waals surface area contributed by atoms with Crippen molar-refractivity contribution in [2.24, 2.45) is 17.6 Å². The largest absolute Gasteiger partial charge is 0.351 e. The first-order valence-corrected chi connectivity index (χ1v) is 11.2. The summed E-state index contributed by atoms with van der Waals surface area (Å²) in [6.07, 6.45) is 8.88. The van der Waals surface area contributed by atoms with Gasteiger partial charge in [-0.3, -0.25) is 4.79 Å². The maximum Gasteiger partial charge on any atom is 0.315 e. The third kappa shape index (κ3) is 4.58. The highest BCUT2D eigenvalue weighted by molar-refractivity contribution is 5.91. The predicted octanol–water partition coefficient (Wildman–Crippen LogP) is 2.82. The summed E-state index contributed by atoms with van der Waals surface area (Å²) in [5.41, 5.74) is 6.49. The number of hydrogen-bond donors (Lipinski definition) is 4. The van der Waals surface area contributed by atoms with Gasteiger partial charge in [-0.25, -0.2) is 4.79 Å². The molecule has 158 valence electrons. The second-order valence-corrected chi connectivity index (χ2v) is 9.26. The molecule has 0 heterocycles. The number of urea groups is 1. The van der Waals surface area contributed by atoms with E-state index in [1.807, 2.05) is 30.3 Å². The first-order chi connectivity index (χ1) is 14.1. The van der Waals surface area contributed by atoms with Crippen LogP contribution in [-0.2, 0) is 11.3 Å².